The highest BCUT2D eigenvalue weighted by atomic mass is 16.6. The fourth-order valence-corrected chi connectivity index (χ4v) is 4.08. The number of ether oxygens (including phenoxy) is 2. The van der Waals surface area contributed by atoms with Crippen molar-refractivity contribution in [3.63, 3.8) is 0 Å². The molecule has 0 fully saturated rings. The van der Waals surface area contributed by atoms with Gasteiger partial charge in [-0.05, 0) is 19.8 Å². The first kappa shape index (κ1) is 30.8. The largest absolute Gasteiger partial charge is 0.393 e. The van der Waals surface area contributed by atoms with Gasteiger partial charge in [0.05, 0.1) is 33.9 Å². The summed E-state index contributed by atoms with van der Waals surface area (Å²) in [6.45, 7) is 9.18. The topological polar surface area (TPSA) is 38.7 Å². The van der Waals surface area contributed by atoms with E-state index in [4.69, 9.17) is 9.47 Å². The summed E-state index contributed by atoms with van der Waals surface area (Å²) in [4.78, 5) is 0. The Morgan fingerprint density at radius 2 is 0.968 bits per heavy atom. The fraction of sp³-hybridized carbons (Fsp3) is 1.00. The van der Waals surface area contributed by atoms with Crippen LogP contribution in [0.3, 0.4) is 0 Å². The molecule has 0 aromatic carbocycles. The molecule has 188 valence electrons. The summed E-state index contributed by atoms with van der Waals surface area (Å²) < 4.78 is 13.2. The van der Waals surface area contributed by atoms with Gasteiger partial charge in [0.2, 0.25) is 6.23 Å². The van der Waals surface area contributed by atoms with Crippen molar-refractivity contribution >= 4 is 0 Å². The molecule has 1 N–H and O–H groups in total. The van der Waals surface area contributed by atoms with Crippen LogP contribution in [0.5, 0.6) is 0 Å². The first-order valence-electron chi connectivity index (χ1n) is 13.7. The van der Waals surface area contributed by atoms with Gasteiger partial charge in [0.25, 0.3) is 0 Å². The summed E-state index contributed by atoms with van der Waals surface area (Å²) in [5, 5.41) is 10.0. The zero-order chi connectivity index (χ0) is 23.2. The van der Waals surface area contributed by atoms with E-state index >= 15 is 0 Å². The summed E-state index contributed by atoms with van der Waals surface area (Å²) >= 11 is 0. The third kappa shape index (κ3) is 17.0. The molecule has 0 aliphatic carbocycles. The SMILES string of the molecule is CCCCCCCCCCOC(CO)C(OCCCCCCCCCC)[N+](C)(C)CC. The van der Waals surface area contributed by atoms with Crippen LogP contribution in [-0.4, -0.2) is 62.4 Å². The predicted molar refractivity (Wildman–Crippen MR) is 134 cm³/mol. The maximum Gasteiger partial charge on any atom is 0.221 e. The molecule has 0 aliphatic rings. The first-order chi connectivity index (χ1) is 15.0. The summed E-state index contributed by atoms with van der Waals surface area (Å²) in [6.07, 6.45) is 20.4. The van der Waals surface area contributed by atoms with Gasteiger partial charge in [0.15, 0.2) is 6.10 Å². The average Bonchev–Trinajstić information content (AvgIpc) is 2.77. The Bertz CT molecular complexity index is 362. The Morgan fingerprint density at radius 1 is 0.581 bits per heavy atom. The van der Waals surface area contributed by atoms with Crippen molar-refractivity contribution in [3.8, 4) is 0 Å². The Kier molecular flexibility index (Phi) is 21.6. The van der Waals surface area contributed by atoms with Gasteiger partial charge in [-0.1, -0.05) is 104 Å². The molecule has 4 nitrogen and oxygen atoms in total. The minimum atomic E-state index is -0.242. The second kappa shape index (κ2) is 21.7. The number of nitrogens with zero attached hydrogens (tertiary/aromatic N) is 1. The van der Waals surface area contributed by atoms with Crippen LogP contribution in [0.2, 0.25) is 0 Å². The lowest BCUT2D eigenvalue weighted by molar-refractivity contribution is -0.940. The molecule has 0 aromatic heterocycles. The van der Waals surface area contributed by atoms with Gasteiger partial charge in [-0.25, -0.2) is 0 Å². The van der Waals surface area contributed by atoms with E-state index < -0.39 is 0 Å². The Labute approximate surface area is 195 Å². The number of rotatable bonds is 24. The van der Waals surface area contributed by atoms with Gasteiger partial charge >= 0.3 is 0 Å². The predicted octanol–water partition coefficient (Wildman–Crippen LogP) is 7.08. The molecule has 31 heavy (non-hydrogen) atoms. The molecule has 2 unspecified atom stereocenters. The third-order valence-electron chi connectivity index (χ3n) is 6.62. The Balaban J connectivity index is 4.15. The molecular formula is C27H58NO3+. The molecule has 0 saturated heterocycles. The van der Waals surface area contributed by atoms with E-state index in [0.717, 1.165) is 37.1 Å². The Hall–Kier alpha value is -0.160. The minimum absolute atomic E-state index is 0.0286. The van der Waals surface area contributed by atoms with E-state index in [0.29, 0.717) is 0 Å². The molecule has 0 aromatic rings. The molecule has 4 heteroatoms. The normalized spacial score (nSPS) is 14.1. The second-order valence-electron chi connectivity index (χ2n) is 9.90. The molecule has 0 bridgehead atoms. The van der Waals surface area contributed by atoms with E-state index in [-0.39, 0.29) is 18.9 Å². The number of quaternary nitrogens is 1. The third-order valence-corrected chi connectivity index (χ3v) is 6.62. The molecule has 0 spiro atoms. The smallest absolute Gasteiger partial charge is 0.221 e. The number of hydrogen-bond acceptors (Lipinski definition) is 3. The number of unbranched alkanes of at least 4 members (excludes halogenated alkanes) is 14. The molecule has 2 atom stereocenters. The molecule has 0 amide bonds. The van der Waals surface area contributed by atoms with Crippen LogP contribution in [-0.2, 0) is 9.47 Å². The molecule has 0 aliphatic heterocycles. The van der Waals surface area contributed by atoms with E-state index in [1.807, 2.05) is 0 Å². The van der Waals surface area contributed by atoms with Crippen LogP contribution in [0.15, 0.2) is 0 Å². The maximum absolute atomic E-state index is 10.0. The van der Waals surface area contributed by atoms with Crippen LogP contribution in [0.1, 0.15) is 124 Å². The number of aliphatic hydroxyl groups excluding tert-OH is 1. The van der Waals surface area contributed by atoms with Crippen LogP contribution in [0, 0.1) is 0 Å². The van der Waals surface area contributed by atoms with Gasteiger partial charge in [0, 0.05) is 6.61 Å². The van der Waals surface area contributed by atoms with Crippen molar-refractivity contribution in [1.29, 1.82) is 0 Å². The Morgan fingerprint density at radius 3 is 1.35 bits per heavy atom. The second-order valence-corrected chi connectivity index (χ2v) is 9.90. The quantitative estimate of drug-likeness (QED) is 0.0981. The average molecular weight is 445 g/mol. The zero-order valence-corrected chi connectivity index (χ0v) is 22.0. The van der Waals surface area contributed by atoms with Crippen molar-refractivity contribution in [2.24, 2.45) is 0 Å². The molecule has 0 heterocycles. The van der Waals surface area contributed by atoms with E-state index in [9.17, 15) is 5.11 Å². The fourth-order valence-electron chi connectivity index (χ4n) is 4.08. The van der Waals surface area contributed by atoms with Crippen LogP contribution in [0.4, 0.5) is 0 Å². The summed E-state index contributed by atoms with van der Waals surface area (Å²) in [5.74, 6) is 0. The van der Waals surface area contributed by atoms with Crippen molar-refractivity contribution in [3.05, 3.63) is 0 Å². The van der Waals surface area contributed by atoms with Gasteiger partial charge in [-0.3, -0.25) is 0 Å². The van der Waals surface area contributed by atoms with Gasteiger partial charge in [0.1, 0.15) is 0 Å². The molecular weight excluding hydrogens is 386 g/mol. The highest BCUT2D eigenvalue weighted by molar-refractivity contribution is 4.63. The summed E-state index contributed by atoms with van der Waals surface area (Å²) in [5.41, 5.74) is 0. The summed E-state index contributed by atoms with van der Waals surface area (Å²) in [7, 11) is 4.36. The van der Waals surface area contributed by atoms with Crippen molar-refractivity contribution in [2.45, 2.75) is 136 Å². The monoisotopic (exact) mass is 444 g/mol. The van der Waals surface area contributed by atoms with Crippen molar-refractivity contribution in [2.75, 3.05) is 40.5 Å². The first-order valence-corrected chi connectivity index (χ1v) is 13.7. The maximum atomic E-state index is 10.0. The minimum Gasteiger partial charge on any atom is -0.393 e. The van der Waals surface area contributed by atoms with Gasteiger partial charge in [-0.2, -0.15) is 0 Å². The van der Waals surface area contributed by atoms with Crippen LogP contribution >= 0.6 is 0 Å². The van der Waals surface area contributed by atoms with Gasteiger partial charge < -0.3 is 19.1 Å². The lowest BCUT2D eigenvalue weighted by Crippen LogP contribution is -2.57. The van der Waals surface area contributed by atoms with Crippen LogP contribution in [0.25, 0.3) is 0 Å². The van der Waals surface area contributed by atoms with Gasteiger partial charge in [-0.15, -0.1) is 0 Å². The number of likely N-dealkylation sites (N-methyl/N-ethyl adjacent to an activating group) is 1. The number of aliphatic hydroxyl groups is 1. The molecule has 0 rings (SSSR count). The lowest BCUT2D eigenvalue weighted by Gasteiger charge is -2.40. The summed E-state index contributed by atoms with van der Waals surface area (Å²) in [6, 6.07) is 0. The number of hydrogen-bond donors (Lipinski definition) is 1. The van der Waals surface area contributed by atoms with E-state index in [1.54, 1.807) is 0 Å². The van der Waals surface area contributed by atoms with Crippen LogP contribution < -0.4 is 0 Å². The van der Waals surface area contributed by atoms with Crippen molar-refractivity contribution in [1.82, 2.24) is 0 Å². The van der Waals surface area contributed by atoms with Crippen molar-refractivity contribution < 1.29 is 19.1 Å². The lowest BCUT2D eigenvalue weighted by atomic mass is 10.1. The van der Waals surface area contributed by atoms with E-state index in [2.05, 4.69) is 34.9 Å². The molecule has 0 saturated carbocycles. The molecule has 0 radical (unpaired) electrons. The van der Waals surface area contributed by atoms with E-state index in [1.165, 1.54) is 89.9 Å². The standard InChI is InChI=1S/C27H58NO3/c1-6-9-11-13-15-17-19-21-23-30-26(25-29)27(28(4,5)8-3)31-24-22-20-18-16-14-12-10-7-2/h26-27,29H,6-25H2,1-5H3/q+1. The highest BCUT2D eigenvalue weighted by Gasteiger charge is 2.36. The zero-order valence-electron chi connectivity index (χ0n) is 22.0. The highest BCUT2D eigenvalue weighted by Crippen LogP contribution is 2.18.